The topological polar surface area (TPSA) is 57.9 Å². The first-order valence-corrected chi connectivity index (χ1v) is 3.46. The van der Waals surface area contributed by atoms with Crippen LogP contribution in [-0.2, 0) is 10.3 Å². The molecule has 0 amide bonds. The summed E-state index contributed by atoms with van der Waals surface area (Å²) >= 11 is 0. The Kier molecular flexibility index (Phi) is 2.31. The zero-order valence-electron chi connectivity index (χ0n) is 6.86. The number of carbonyl (C=O) groups excluding carboxylic acids is 1. The summed E-state index contributed by atoms with van der Waals surface area (Å²) in [5, 5.41) is 10.6. The first-order chi connectivity index (χ1) is 5.26. The van der Waals surface area contributed by atoms with Gasteiger partial charge in [0.05, 0.1) is 17.8 Å². The van der Waals surface area contributed by atoms with Crippen LogP contribution in [0.5, 0.6) is 0 Å². The van der Waals surface area contributed by atoms with Crippen LogP contribution < -0.4 is 24.0 Å². The minimum absolute atomic E-state index is 0. The number of hydrogen-bond acceptors (Lipinski definition) is 3. The van der Waals surface area contributed by atoms with Gasteiger partial charge in [0, 0.05) is 12.4 Å². The van der Waals surface area contributed by atoms with E-state index in [2.05, 4.69) is 4.98 Å². The zero-order valence-corrected chi connectivity index (χ0v) is 6.86. The Morgan fingerprint density at radius 1 is 1.58 bits per heavy atom. The Bertz CT molecular complexity index is 280. The van der Waals surface area contributed by atoms with E-state index in [1.807, 2.05) is 0 Å². The fraction of sp³-hybridized carbons (Fsp3) is 0.429. The molecule has 0 radical (unpaired) electrons. The molecule has 0 saturated heterocycles. The quantitative estimate of drug-likeness (QED) is 0.414. The minimum atomic E-state index is -1.00. The molecule has 1 heterocycles. The fourth-order valence-corrected chi connectivity index (χ4v) is 1.20. The third-order valence-corrected chi connectivity index (χ3v) is 2.10. The molecule has 0 atom stereocenters. The molecular formula is C7H7LiN2O2. The van der Waals surface area contributed by atoms with Gasteiger partial charge in [-0.15, -0.1) is 0 Å². The van der Waals surface area contributed by atoms with Gasteiger partial charge in [-0.25, -0.2) is 4.98 Å². The van der Waals surface area contributed by atoms with Crippen LogP contribution in [0.4, 0.5) is 0 Å². The second kappa shape index (κ2) is 2.96. The van der Waals surface area contributed by atoms with Crippen molar-refractivity contribution in [3.05, 3.63) is 18.7 Å². The van der Waals surface area contributed by atoms with Crippen LogP contribution in [0.3, 0.4) is 0 Å². The smallest absolute Gasteiger partial charge is 0.548 e. The van der Waals surface area contributed by atoms with Crippen molar-refractivity contribution < 1.29 is 28.8 Å². The number of aromatic nitrogens is 2. The van der Waals surface area contributed by atoms with Crippen molar-refractivity contribution in [1.29, 1.82) is 0 Å². The first kappa shape index (κ1) is 9.37. The van der Waals surface area contributed by atoms with Crippen LogP contribution in [-0.4, -0.2) is 15.5 Å². The minimum Gasteiger partial charge on any atom is -0.548 e. The standard InChI is InChI=1S/C7H8N2O2.Li/c10-6(11)7(1-2-7)9-4-3-8-5-9;/h3-5H,1-2H2,(H,10,11);/q;+1/p-1. The van der Waals surface area contributed by atoms with Gasteiger partial charge >= 0.3 is 18.9 Å². The maximum Gasteiger partial charge on any atom is 1.00 e. The molecule has 0 aromatic carbocycles. The van der Waals surface area contributed by atoms with Gasteiger partial charge in [0.15, 0.2) is 0 Å². The van der Waals surface area contributed by atoms with Crippen molar-refractivity contribution in [2.24, 2.45) is 0 Å². The number of imidazole rings is 1. The average Bonchev–Trinajstić information content (AvgIpc) is 2.61. The van der Waals surface area contributed by atoms with Crippen molar-refractivity contribution in [1.82, 2.24) is 9.55 Å². The van der Waals surface area contributed by atoms with E-state index in [1.165, 1.54) is 6.33 Å². The van der Waals surface area contributed by atoms with E-state index in [0.29, 0.717) is 12.8 Å². The van der Waals surface area contributed by atoms with Crippen LogP contribution in [0, 0.1) is 0 Å². The number of carboxylic acid groups (broad SMARTS) is 1. The van der Waals surface area contributed by atoms with Gasteiger partial charge in [-0.2, -0.15) is 0 Å². The number of carbonyl (C=O) groups is 1. The molecule has 12 heavy (non-hydrogen) atoms. The van der Waals surface area contributed by atoms with Crippen molar-refractivity contribution in [3.63, 3.8) is 0 Å². The second-order valence-corrected chi connectivity index (χ2v) is 2.79. The van der Waals surface area contributed by atoms with Crippen LogP contribution in [0.25, 0.3) is 0 Å². The van der Waals surface area contributed by atoms with E-state index in [-0.39, 0.29) is 18.9 Å². The van der Waals surface area contributed by atoms with Crippen LogP contribution in [0.1, 0.15) is 12.8 Å². The summed E-state index contributed by atoms with van der Waals surface area (Å²) in [7, 11) is 0. The van der Waals surface area contributed by atoms with Gasteiger partial charge < -0.3 is 14.5 Å². The molecule has 0 N–H and O–H groups in total. The van der Waals surface area contributed by atoms with Gasteiger partial charge in [-0.3, -0.25) is 0 Å². The second-order valence-electron chi connectivity index (χ2n) is 2.79. The normalized spacial score (nSPS) is 18.0. The van der Waals surface area contributed by atoms with E-state index in [0.717, 1.165) is 0 Å². The molecule has 1 aromatic rings. The Balaban J connectivity index is 0.000000720. The fourth-order valence-electron chi connectivity index (χ4n) is 1.20. The number of rotatable bonds is 2. The monoisotopic (exact) mass is 158 g/mol. The van der Waals surface area contributed by atoms with Crippen LogP contribution in [0.2, 0.25) is 0 Å². The molecule has 0 aliphatic heterocycles. The SMILES string of the molecule is O=C([O-])C1(n2ccnc2)CC1.[Li+]. The maximum absolute atomic E-state index is 10.6. The third kappa shape index (κ3) is 1.17. The predicted molar refractivity (Wildman–Crippen MR) is 34.4 cm³/mol. The predicted octanol–water partition coefficient (Wildman–Crippen LogP) is -3.87. The summed E-state index contributed by atoms with van der Waals surface area (Å²) in [6.07, 6.45) is 6.06. The number of aliphatic carboxylic acids is 1. The Labute approximate surface area is 81.8 Å². The third-order valence-electron chi connectivity index (χ3n) is 2.10. The van der Waals surface area contributed by atoms with Gasteiger partial charge in [-0.05, 0) is 12.8 Å². The molecule has 4 nitrogen and oxygen atoms in total. The molecule has 0 spiro atoms. The molecule has 1 aromatic heterocycles. The van der Waals surface area contributed by atoms with Crippen molar-refractivity contribution in [2.45, 2.75) is 18.4 Å². The van der Waals surface area contributed by atoms with Gasteiger partial charge in [-0.1, -0.05) is 0 Å². The van der Waals surface area contributed by atoms with Crippen molar-refractivity contribution in [3.8, 4) is 0 Å². The van der Waals surface area contributed by atoms with E-state index >= 15 is 0 Å². The summed E-state index contributed by atoms with van der Waals surface area (Å²) in [5.41, 5.74) is -0.767. The number of nitrogens with zero attached hydrogens (tertiary/aromatic N) is 2. The number of hydrogen-bond donors (Lipinski definition) is 0. The van der Waals surface area contributed by atoms with Gasteiger partial charge in [0.25, 0.3) is 0 Å². The van der Waals surface area contributed by atoms with E-state index < -0.39 is 11.5 Å². The summed E-state index contributed by atoms with van der Waals surface area (Å²) in [4.78, 5) is 14.4. The molecule has 58 valence electrons. The van der Waals surface area contributed by atoms with E-state index in [9.17, 15) is 9.90 Å². The van der Waals surface area contributed by atoms with Crippen molar-refractivity contribution in [2.75, 3.05) is 0 Å². The van der Waals surface area contributed by atoms with Gasteiger partial charge in [0.1, 0.15) is 0 Å². The van der Waals surface area contributed by atoms with Crippen molar-refractivity contribution >= 4 is 5.97 Å². The summed E-state index contributed by atoms with van der Waals surface area (Å²) in [6, 6.07) is 0. The molecular weight excluding hydrogens is 151 g/mol. The summed E-state index contributed by atoms with van der Waals surface area (Å²) in [6.45, 7) is 0. The molecule has 1 aliphatic rings. The molecule has 0 unspecified atom stereocenters. The molecule has 1 aliphatic carbocycles. The molecule has 1 saturated carbocycles. The van der Waals surface area contributed by atoms with E-state index in [1.54, 1.807) is 17.0 Å². The molecule has 2 rings (SSSR count). The molecule has 1 fully saturated rings. The molecule has 0 bridgehead atoms. The largest absolute Gasteiger partial charge is 1.00 e. The Morgan fingerprint density at radius 3 is 2.58 bits per heavy atom. The summed E-state index contributed by atoms with van der Waals surface area (Å²) in [5.74, 6) is -1.00. The van der Waals surface area contributed by atoms with Crippen LogP contribution in [0.15, 0.2) is 18.7 Å². The first-order valence-electron chi connectivity index (χ1n) is 3.46. The Hall–Kier alpha value is -0.723. The maximum atomic E-state index is 10.6. The number of carboxylic acids is 1. The Morgan fingerprint density at radius 2 is 2.25 bits per heavy atom. The van der Waals surface area contributed by atoms with Crippen LogP contribution >= 0.6 is 0 Å². The molecule has 5 heteroatoms. The zero-order chi connectivity index (χ0) is 7.90. The summed E-state index contributed by atoms with van der Waals surface area (Å²) < 4.78 is 1.60. The average molecular weight is 158 g/mol. The van der Waals surface area contributed by atoms with Gasteiger partial charge in [0.2, 0.25) is 0 Å². The van der Waals surface area contributed by atoms with E-state index in [4.69, 9.17) is 0 Å².